The minimum Gasteiger partial charge on any atom is -0.305 e. The fourth-order valence-corrected chi connectivity index (χ4v) is 3.54. The lowest BCUT2D eigenvalue weighted by Crippen LogP contribution is -2.15. The van der Waals surface area contributed by atoms with Crippen molar-refractivity contribution in [3.63, 3.8) is 0 Å². The largest absolute Gasteiger partial charge is 0.305 e. The number of aromatic nitrogens is 1. The maximum Gasteiger partial charge on any atom is 0.272 e. The van der Waals surface area contributed by atoms with Crippen molar-refractivity contribution in [2.24, 2.45) is 4.99 Å². The third kappa shape index (κ3) is 3.87. The number of hydrogen-bond donors (Lipinski definition) is 0. The van der Waals surface area contributed by atoms with E-state index in [1.807, 2.05) is 12.1 Å². The van der Waals surface area contributed by atoms with E-state index in [9.17, 15) is 9.18 Å². The molecule has 0 aliphatic rings. The maximum absolute atomic E-state index is 13.4. The molecule has 124 valence electrons. The highest BCUT2D eigenvalue weighted by atomic mass is 35.5. The van der Waals surface area contributed by atoms with Gasteiger partial charge in [0, 0.05) is 11.1 Å². The highest BCUT2D eigenvalue weighted by Crippen LogP contribution is 2.19. The summed E-state index contributed by atoms with van der Waals surface area (Å²) >= 11 is 7.26. The van der Waals surface area contributed by atoms with Gasteiger partial charge in [-0.25, -0.2) is 4.39 Å². The Morgan fingerprint density at radius 2 is 2.16 bits per heavy atom. The molecule has 3 nitrogen and oxygen atoms in total. The molecule has 0 spiro atoms. The second kappa shape index (κ2) is 7.47. The van der Waals surface area contributed by atoms with Crippen molar-refractivity contribution in [2.45, 2.75) is 6.54 Å². The second-order valence-electron chi connectivity index (χ2n) is 5.09. The van der Waals surface area contributed by atoms with Crippen molar-refractivity contribution in [2.75, 3.05) is 0 Å². The number of nitrogens with zero attached hydrogens (tertiary/aromatic N) is 2. The third-order valence-electron chi connectivity index (χ3n) is 3.41. The first-order valence-electron chi connectivity index (χ1n) is 7.32. The van der Waals surface area contributed by atoms with Crippen LogP contribution in [0.5, 0.6) is 0 Å². The fourth-order valence-electron chi connectivity index (χ4n) is 2.28. The van der Waals surface area contributed by atoms with Gasteiger partial charge in [0.15, 0.2) is 4.80 Å². The molecule has 3 aromatic rings. The van der Waals surface area contributed by atoms with E-state index in [4.69, 9.17) is 18.0 Å². The van der Waals surface area contributed by atoms with Gasteiger partial charge in [-0.3, -0.25) is 4.79 Å². The fraction of sp³-hybridized carbons (Fsp3) is 0.0526. The Kier molecular flexibility index (Phi) is 5.13. The molecule has 1 heterocycles. The van der Waals surface area contributed by atoms with Gasteiger partial charge in [0.1, 0.15) is 5.82 Å². The number of fused-ring (bicyclic) bond motifs is 1. The van der Waals surface area contributed by atoms with Crippen LogP contribution in [-0.2, 0) is 11.3 Å². The first-order chi connectivity index (χ1) is 12.1. The summed E-state index contributed by atoms with van der Waals surface area (Å²) in [6.07, 6.45) is 8.34. The van der Waals surface area contributed by atoms with E-state index >= 15 is 0 Å². The number of halogens is 2. The Bertz CT molecular complexity index is 1090. The monoisotopic (exact) mass is 370 g/mol. The Morgan fingerprint density at radius 1 is 1.36 bits per heavy atom. The second-order valence-corrected chi connectivity index (χ2v) is 6.51. The highest BCUT2D eigenvalue weighted by Gasteiger charge is 2.07. The number of hydrogen-bond acceptors (Lipinski definition) is 2. The van der Waals surface area contributed by atoms with Crippen LogP contribution in [-0.4, -0.2) is 10.5 Å². The molecule has 0 saturated heterocycles. The van der Waals surface area contributed by atoms with Gasteiger partial charge < -0.3 is 4.57 Å². The molecule has 0 aliphatic heterocycles. The third-order valence-corrected chi connectivity index (χ3v) is 4.80. The summed E-state index contributed by atoms with van der Waals surface area (Å²) in [4.78, 5) is 16.7. The van der Waals surface area contributed by atoms with Gasteiger partial charge in [0.05, 0.1) is 16.8 Å². The van der Waals surface area contributed by atoms with Gasteiger partial charge in [-0.1, -0.05) is 47.1 Å². The standard InChI is InChI=1S/C19H12ClFN2OS/c1-2-11-23-16-9-8-14(21)12-17(16)25-19(23)22-18(24)10-7-13-5-3-4-6-15(13)20/h1,3-10,12H,11H2/b10-7+,22-19?. The van der Waals surface area contributed by atoms with E-state index in [1.54, 1.807) is 28.8 Å². The van der Waals surface area contributed by atoms with Gasteiger partial charge in [-0.05, 0) is 35.9 Å². The van der Waals surface area contributed by atoms with Gasteiger partial charge in [0.2, 0.25) is 0 Å². The average Bonchev–Trinajstić information content (AvgIpc) is 2.91. The van der Waals surface area contributed by atoms with E-state index < -0.39 is 5.91 Å². The lowest BCUT2D eigenvalue weighted by molar-refractivity contribution is -0.113. The van der Waals surface area contributed by atoms with Crippen LogP contribution in [0.4, 0.5) is 4.39 Å². The molecule has 3 rings (SSSR count). The quantitative estimate of drug-likeness (QED) is 0.501. The predicted octanol–water partition coefficient (Wildman–Crippen LogP) is 4.27. The molecule has 6 heteroatoms. The lowest BCUT2D eigenvalue weighted by Gasteiger charge is -1.99. The minimum absolute atomic E-state index is 0.242. The highest BCUT2D eigenvalue weighted by molar-refractivity contribution is 7.16. The SMILES string of the molecule is C#CCn1c(=NC(=O)/C=C/c2ccccc2Cl)sc2cc(F)ccc21. The van der Waals surface area contributed by atoms with Crippen molar-refractivity contribution in [3.8, 4) is 12.3 Å². The van der Waals surface area contributed by atoms with E-state index in [0.29, 0.717) is 14.5 Å². The zero-order valence-electron chi connectivity index (χ0n) is 12.9. The summed E-state index contributed by atoms with van der Waals surface area (Å²) in [5, 5.41) is 0.547. The van der Waals surface area contributed by atoms with E-state index in [0.717, 1.165) is 11.1 Å². The zero-order valence-corrected chi connectivity index (χ0v) is 14.5. The lowest BCUT2D eigenvalue weighted by atomic mass is 10.2. The van der Waals surface area contributed by atoms with Crippen LogP contribution in [0.1, 0.15) is 5.56 Å². The normalized spacial score (nSPS) is 12.0. The maximum atomic E-state index is 13.4. The molecule has 0 atom stereocenters. The number of amides is 1. The molecule has 2 aromatic carbocycles. The summed E-state index contributed by atoms with van der Waals surface area (Å²) in [6, 6.07) is 11.6. The van der Waals surface area contributed by atoms with Gasteiger partial charge in [-0.2, -0.15) is 4.99 Å². The van der Waals surface area contributed by atoms with Crippen LogP contribution < -0.4 is 4.80 Å². The molecule has 0 unspecified atom stereocenters. The summed E-state index contributed by atoms with van der Waals surface area (Å²) in [6.45, 7) is 0.242. The Hall–Kier alpha value is -2.68. The van der Waals surface area contributed by atoms with Crippen LogP contribution in [0.2, 0.25) is 5.02 Å². The molecule has 0 radical (unpaired) electrons. The molecular weight excluding hydrogens is 359 g/mol. The van der Waals surface area contributed by atoms with Crippen molar-refractivity contribution >= 4 is 45.1 Å². The van der Waals surface area contributed by atoms with Crippen molar-refractivity contribution in [1.29, 1.82) is 0 Å². The van der Waals surface area contributed by atoms with E-state index in [-0.39, 0.29) is 12.4 Å². The van der Waals surface area contributed by atoms with Crippen LogP contribution in [0.3, 0.4) is 0 Å². The molecule has 25 heavy (non-hydrogen) atoms. The number of carbonyl (C=O) groups is 1. The zero-order chi connectivity index (χ0) is 17.8. The number of terminal acetylenes is 1. The van der Waals surface area contributed by atoms with Crippen LogP contribution in [0, 0.1) is 18.2 Å². The van der Waals surface area contributed by atoms with Crippen molar-refractivity contribution < 1.29 is 9.18 Å². The van der Waals surface area contributed by atoms with Gasteiger partial charge in [-0.15, -0.1) is 6.42 Å². The Labute approximate surface area is 152 Å². The van der Waals surface area contributed by atoms with Crippen LogP contribution in [0.25, 0.3) is 16.3 Å². The molecule has 1 amide bonds. The smallest absolute Gasteiger partial charge is 0.272 e. The van der Waals surface area contributed by atoms with Crippen molar-refractivity contribution in [3.05, 3.63) is 69.7 Å². The molecule has 0 bridgehead atoms. The molecule has 0 fully saturated rings. The first kappa shape index (κ1) is 17.2. The molecule has 0 saturated carbocycles. The molecule has 1 aromatic heterocycles. The number of carbonyl (C=O) groups excluding carboxylic acids is 1. The Balaban J connectivity index is 2.00. The summed E-state index contributed by atoms with van der Waals surface area (Å²) < 4.78 is 15.8. The summed E-state index contributed by atoms with van der Waals surface area (Å²) in [5.41, 5.74) is 1.47. The van der Waals surface area contributed by atoms with Gasteiger partial charge in [0.25, 0.3) is 5.91 Å². The summed E-state index contributed by atoms with van der Waals surface area (Å²) in [5.74, 6) is 1.73. The number of rotatable bonds is 3. The van der Waals surface area contributed by atoms with E-state index in [2.05, 4.69) is 10.9 Å². The van der Waals surface area contributed by atoms with Crippen LogP contribution in [0.15, 0.2) is 53.5 Å². The van der Waals surface area contributed by atoms with Gasteiger partial charge >= 0.3 is 0 Å². The number of thiazole rings is 1. The predicted molar refractivity (Wildman–Crippen MR) is 99.7 cm³/mol. The number of benzene rings is 2. The summed E-state index contributed by atoms with van der Waals surface area (Å²) in [7, 11) is 0. The van der Waals surface area contributed by atoms with Crippen LogP contribution >= 0.6 is 22.9 Å². The molecular formula is C19H12ClFN2OS. The minimum atomic E-state index is -0.447. The van der Waals surface area contributed by atoms with E-state index in [1.165, 1.54) is 29.5 Å². The van der Waals surface area contributed by atoms with Crippen molar-refractivity contribution in [1.82, 2.24) is 4.57 Å². The molecule has 0 aliphatic carbocycles. The first-order valence-corrected chi connectivity index (χ1v) is 8.51. The topological polar surface area (TPSA) is 34.4 Å². The molecule has 0 N–H and O–H groups in total. The Morgan fingerprint density at radius 3 is 2.92 bits per heavy atom. The average molecular weight is 371 g/mol.